The van der Waals surface area contributed by atoms with Crippen molar-refractivity contribution < 1.29 is 0 Å². The molecule has 2 atom stereocenters. The number of nitrogens with one attached hydrogen (secondary N) is 1. The third-order valence-corrected chi connectivity index (χ3v) is 2.06. The first-order valence-corrected chi connectivity index (χ1v) is 3.71. The molecule has 1 fully saturated rings. The molecule has 0 aliphatic heterocycles. The zero-order valence-corrected chi connectivity index (χ0v) is 6.01. The summed E-state index contributed by atoms with van der Waals surface area (Å²) >= 11 is 0. The lowest BCUT2D eigenvalue weighted by Gasteiger charge is -2.12. The molecule has 56 valence electrons. The topological polar surface area (TPSA) is 61.8 Å². The van der Waals surface area contributed by atoms with Crippen molar-refractivity contribution in [3.63, 3.8) is 0 Å². The van der Waals surface area contributed by atoms with E-state index in [-0.39, 0.29) is 5.92 Å². The number of hydrogen-bond acceptors (Lipinski definition) is 3. The minimum absolute atomic E-state index is 0.198. The van der Waals surface area contributed by atoms with E-state index in [1.54, 1.807) is 0 Å². The predicted octanol–water partition coefficient (Wildman–Crippen LogP) is 0.184. The quantitative estimate of drug-likeness (QED) is 0.537. The average molecular weight is 139 g/mol. The Labute approximate surface area is 61.2 Å². The molecule has 10 heavy (non-hydrogen) atoms. The molecular weight excluding hydrogens is 126 g/mol. The Kier molecular flexibility index (Phi) is 2.67. The Morgan fingerprint density at radius 2 is 2.40 bits per heavy atom. The molecule has 0 amide bonds. The van der Waals surface area contributed by atoms with Crippen molar-refractivity contribution in [1.29, 1.82) is 5.26 Å². The molecule has 1 saturated carbocycles. The minimum Gasteiger partial charge on any atom is -0.318 e. The van der Waals surface area contributed by atoms with Crippen molar-refractivity contribution in [3.05, 3.63) is 0 Å². The van der Waals surface area contributed by atoms with Crippen LogP contribution in [0.1, 0.15) is 19.3 Å². The van der Waals surface area contributed by atoms with Crippen LogP contribution in [-0.4, -0.2) is 12.7 Å². The molecule has 1 rings (SSSR count). The SMILES string of the molecule is N#CC1CCCC1NCN. The van der Waals surface area contributed by atoms with Crippen LogP contribution in [0.3, 0.4) is 0 Å². The molecule has 3 heteroatoms. The largest absolute Gasteiger partial charge is 0.318 e. The molecule has 0 saturated heterocycles. The van der Waals surface area contributed by atoms with Crippen molar-refractivity contribution in [3.8, 4) is 6.07 Å². The van der Waals surface area contributed by atoms with Crippen LogP contribution in [0.15, 0.2) is 0 Å². The third kappa shape index (κ3) is 1.47. The van der Waals surface area contributed by atoms with Crippen molar-refractivity contribution in [1.82, 2.24) is 5.32 Å². The smallest absolute Gasteiger partial charge is 0.0672 e. The van der Waals surface area contributed by atoms with E-state index in [1.165, 1.54) is 0 Å². The number of nitrogens with two attached hydrogens (primary N) is 1. The second-order valence-electron chi connectivity index (χ2n) is 2.68. The van der Waals surface area contributed by atoms with Crippen LogP contribution >= 0.6 is 0 Å². The van der Waals surface area contributed by atoms with Gasteiger partial charge in [-0.3, -0.25) is 0 Å². The Morgan fingerprint density at radius 1 is 1.60 bits per heavy atom. The van der Waals surface area contributed by atoms with Gasteiger partial charge in [0.15, 0.2) is 0 Å². The molecule has 0 radical (unpaired) electrons. The number of nitrogens with zero attached hydrogens (tertiary/aromatic N) is 1. The second kappa shape index (κ2) is 3.55. The van der Waals surface area contributed by atoms with Crippen LogP contribution < -0.4 is 11.1 Å². The van der Waals surface area contributed by atoms with Gasteiger partial charge in [0.05, 0.1) is 12.0 Å². The second-order valence-corrected chi connectivity index (χ2v) is 2.68. The molecule has 1 aliphatic carbocycles. The summed E-state index contributed by atoms with van der Waals surface area (Å²) in [5.41, 5.74) is 5.30. The highest BCUT2D eigenvalue weighted by Crippen LogP contribution is 2.24. The summed E-state index contributed by atoms with van der Waals surface area (Å²) < 4.78 is 0. The lowest BCUT2D eigenvalue weighted by molar-refractivity contribution is 0.473. The van der Waals surface area contributed by atoms with Gasteiger partial charge in [-0.25, -0.2) is 0 Å². The highest BCUT2D eigenvalue weighted by molar-refractivity contribution is 4.95. The molecule has 3 nitrogen and oxygen atoms in total. The molecule has 3 N–H and O–H groups in total. The maximum atomic E-state index is 8.63. The van der Waals surface area contributed by atoms with Crippen LogP contribution in [-0.2, 0) is 0 Å². The van der Waals surface area contributed by atoms with Crippen molar-refractivity contribution >= 4 is 0 Å². The Morgan fingerprint density at radius 3 is 3.00 bits per heavy atom. The normalized spacial score (nSPS) is 32.0. The monoisotopic (exact) mass is 139 g/mol. The van der Waals surface area contributed by atoms with Crippen molar-refractivity contribution in [2.45, 2.75) is 25.3 Å². The maximum absolute atomic E-state index is 8.63. The summed E-state index contributed by atoms with van der Waals surface area (Å²) in [7, 11) is 0. The van der Waals surface area contributed by atoms with E-state index in [1.807, 2.05) is 0 Å². The molecule has 1 aliphatic rings. The molecular formula is C7H13N3. The van der Waals surface area contributed by atoms with Crippen LogP contribution in [0.2, 0.25) is 0 Å². The fraction of sp³-hybridized carbons (Fsp3) is 0.857. The van der Waals surface area contributed by atoms with Gasteiger partial charge in [-0.05, 0) is 12.8 Å². The van der Waals surface area contributed by atoms with E-state index in [9.17, 15) is 0 Å². The zero-order chi connectivity index (χ0) is 7.40. The first kappa shape index (κ1) is 7.52. The highest BCUT2D eigenvalue weighted by atomic mass is 15.0. The molecule has 0 bridgehead atoms. The standard InChI is InChI=1S/C7H13N3/c8-4-6-2-1-3-7(6)10-5-9/h6-7,10H,1-3,5,9H2. The van der Waals surface area contributed by atoms with E-state index in [2.05, 4.69) is 11.4 Å². The predicted molar refractivity (Wildman–Crippen MR) is 38.9 cm³/mol. The Hall–Kier alpha value is -0.590. The summed E-state index contributed by atoms with van der Waals surface area (Å²) in [6.07, 6.45) is 3.31. The molecule has 0 spiro atoms. The van der Waals surface area contributed by atoms with E-state index in [4.69, 9.17) is 11.0 Å². The van der Waals surface area contributed by atoms with E-state index in [0.29, 0.717) is 12.7 Å². The Bertz CT molecular complexity index is 138. The van der Waals surface area contributed by atoms with Gasteiger partial charge in [0.2, 0.25) is 0 Å². The van der Waals surface area contributed by atoms with Gasteiger partial charge < -0.3 is 11.1 Å². The fourth-order valence-electron chi connectivity index (χ4n) is 1.51. The molecule has 0 aromatic carbocycles. The van der Waals surface area contributed by atoms with Gasteiger partial charge in [0, 0.05) is 12.7 Å². The van der Waals surface area contributed by atoms with Crippen molar-refractivity contribution in [2.75, 3.05) is 6.67 Å². The minimum atomic E-state index is 0.198. The van der Waals surface area contributed by atoms with Gasteiger partial charge in [0.25, 0.3) is 0 Å². The zero-order valence-electron chi connectivity index (χ0n) is 6.01. The summed E-state index contributed by atoms with van der Waals surface area (Å²) in [6.45, 7) is 0.489. The Balaban J connectivity index is 2.36. The van der Waals surface area contributed by atoms with Gasteiger partial charge in [-0.1, -0.05) is 6.42 Å². The lowest BCUT2D eigenvalue weighted by Crippen LogP contribution is -2.35. The maximum Gasteiger partial charge on any atom is 0.0672 e. The highest BCUT2D eigenvalue weighted by Gasteiger charge is 2.25. The summed E-state index contributed by atoms with van der Waals surface area (Å²) in [6, 6.07) is 2.64. The number of nitriles is 1. The molecule has 2 unspecified atom stereocenters. The molecule has 0 heterocycles. The van der Waals surface area contributed by atoms with Crippen LogP contribution in [0.4, 0.5) is 0 Å². The third-order valence-electron chi connectivity index (χ3n) is 2.06. The van der Waals surface area contributed by atoms with Crippen LogP contribution in [0.5, 0.6) is 0 Å². The number of hydrogen-bond donors (Lipinski definition) is 2. The summed E-state index contributed by atoms with van der Waals surface area (Å²) in [4.78, 5) is 0. The van der Waals surface area contributed by atoms with E-state index in [0.717, 1.165) is 19.3 Å². The van der Waals surface area contributed by atoms with Gasteiger partial charge in [0.1, 0.15) is 0 Å². The first-order valence-electron chi connectivity index (χ1n) is 3.71. The van der Waals surface area contributed by atoms with Crippen LogP contribution in [0, 0.1) is 17.2 Å². The molecule has 0 aromatic rings. The van der Waals surface area contributed by atoms with E-state index >= 15 is 0 Å². The van der Waals surface area contributed by atoms with Gasteiger partial charge in [-0.15, -0.1) is 0 Å². The van der Waals surface area contributed by atoms with Gasteiger partial charge in [-0.2, -0.15) is 5.26 Å². The number of rotatable bonds is 2. The van der Waals surface area contributed by atoms with Gasteiger partial charge >= 0.3 is 0 Å². The van der Waals surface area contributed by atoms with E-state index < -0.39 is 0 Å². The summed E-state index contributed by atoms with van der Waals surface area (Å²) in [5, 5.41) is 11.7. The van der Waals surface area contributed by atoms with Crippen molar-refractivity contribution in [2.24, 2.45) is 11.7 Å². The van der Waals surface area contributed by atoms with Crippen LogP contribution in [0.25, 0.3) is 0 Å². The average Bonchev–Trinajstić information content (AvgIpc) is 2.36. The fourth-order valence-corrected chi connectivity index (χ4v) is 1.51. The first-order chi connectivity index (χ1) is 4.88. The summed E-state index contributed by atoms with van der Waals surface area (Å²) in [5.74, 6) is 0.198. The lowest BCUT2D eigenvalue weighted by atomic mass is 10.1. The molecule has 0 aromatic heterocycles.